The molecule has 0 bridgehead atoms. The van der Waals surface area contributed by atoms with Crippen LogP contribution in [-0.4, -0.2) is 299 Å². The van der Waals surface area contributed by atoms with Crippen LogP contribution in [0.15, 0.2) is 42.5 Å². The molecule has 4 aliphatic heterocycles. The van der Waals surface area contributed by atoms with Gasteiger partial charge in [-0.1, -0.05) is 24.3 Å². The number of aromatic hydroxyl groups is 3. The van der Waals surface area contributed by atoms with Gasteiger partial charge in [-0.3, -0.25) is 28.8 Å². The molecule has 22 atom stereocenters. The summed E-state index contributed by atoms with van der Waals surface area (Å²) in [4.78, 5) is 93.9. The summed E-state index contributed by atoms with van der Waals surface area (Å²) in [5, 5.41) is 181. The van der Waals surface area contributed by atoms with Crippen molar-refractivity contribution in [3.05, 3.63) is 81.4 Å². The second-order valence-electron chi connectivity index (χ2n) is 23.7. The second kappa shape index (κ2) is 32.5. The number of ether oxygens (including phenoxy) is 10. The van der Waals surface area contributed by atoms with Crippen molar-refractivity contribution in [2.45, 2.75) is 167 Å². The fourth-order valence-corrected chi connectivity index (χ4v) is 12.3. The van der Waals surface area contributed by atoms with Crippen LogP contribution in [0.3, 0.4) is 0 Å². The molecular formula is C60H74N3NaO33. The number of fused-ring (bicyclic) bond motifs is 3. The van der Waals surface area contributed by atoms with Gasteiger partial charge in [-0.15, -0.1) is 0 Å². The molecule has 2 aliphatic carbocycles. The van der Waals surface area contributed by atoms with E-state index >= 15 is 0 Å². The van der Waals surface area contributed by atoms with Crippen molar-refractivity contribution in [2.24, 2.45) is 0 Å². The number of aliphatic carboxylic acids is 1. The van der Waals surface area contributed by atoms with Crippen molar-refractivity contribution in [1.29, 1.82) is 0 Å². The Kier molecular flexibility index (Phi) is 25.7. The van der Waals surface area contributed by atoms with Crippen molar-refractivity contribution in [1.82, 2.24) is 16.0 Å². The van der Waals surface area contributed by atoms with Crippen LogP contribution in [0.2, 0.25) is 0 Å². The third-order valence-corrected chi connectivity index (χ3v) is 17.3. The molecule has 0 radical (unpaired) electrons. The number of carbonyl (C=O) groups is 7. The van der Waals surface area contributed by atoms with Crippen molar-refractivity contribution < 1.29 is 192 Å². The minimum Gasteiger partial charge on any atom is -0.548 e. The molecule has 37 heteroatoms. The Bertz CT molecular complexity index is 3350. The number of Topliss-reactive ketones (excluding diaryl/α,β-unsaturated/α-hetero) is 1. The van der Waals surface area contributed by atoms with E-state index in [1.165, 1.54) is 56.5 Å². The van der Waals surface area contributed by atoms with Gasteiger partial charge in [0.1, 0.15) is 127 Å². The molecule has 4 fully saturated rings. The van der Waals surface area contributed by atoms with Crippen LogP contribution >= 0.6 is 0 Å². The second-order valence-corrected chi connectivity index (χ2v) is 23.7. The summed E-state index contributed by atoms with van der Waals surface area (Å²) < 4.78 is 56.3. The first-order chi connectivity index (χ1) is 45.5. The third-order valence-electron chi connectivity index (χ3n) is 17.3. The standard InChI is InChI=1S/C60H75N3O33.Na/c1-21-42(72)26(11-37(90-21)91-29-13-60(86,33(67)16-65)12-25-39(29)47(77)41-40(44(25)74)43(73)24-4-3-5-28(87-2)38(24)46(41)76)62-34(68)14-61-56(84)27(10-22-6-8-23(66)9-7-22)63-35(69)19-88-18-32-55(96-58-52(82)48(78)45(75)30(15-64)93-58)50(80)53(83)59(94-32)95-54-31(17-89-20-36(70)71)92-57(85)51(81)49(54)79;/h3-9,21,26-27,29-32,37,42,45,48-55,57-59,64-66,72,74-75,77-83,85-86H,10-20H2,1-2H3,(H,61,84)(H,62,68)(H,63,69)(H,70,71);/q;+1/p-1/t21-,26-,27-,29+,30+,31+,32+,37-,42+,45+,48-,49+,50+,51+,52+,53+,54-,55-,57-,58+,59+,60-;/m0./s1. The number of carboxylic acid groups (broad SMARTS) is 1. The Morgan fingerprint density at radius 3 is 1.93 bits per heavy atom. The van der Waals surface area contributed by atoms with Crippen LogP contribution in [0.5, 0.6) is 23.0 Å². The minimum atomic E-state index is -2.51. The Morgan fingerprint density at radius 1 is 0.691 bits per heavy atom. The molecular weight excluding hydrogens is 1310 g/mol. The van der Waals surface area contributed by atoms with E-state index in [0.29, 0.717) is 5.56 Å². The number of ketones is 3. The number of carboxylic acids is 1. The van der Waals surface area contributed by atoms with Crippen molar-refractivity contribution in [3.63, 3.8) is 0 Å². The van der Waals surface area contributed by atoms with Crippen LogP contribution in [0.1, 0.15) is 74.4 Å². The number of carbonyl (C=O) groups excluding carboxylic acids is 7. The zero-order chi connectivity index (χ0) is 69.9. The molecule has 97 heavy (non-hydrogen) atoms. The normalized spacial score (nSPS) is 33.4. The molecule has 4 heterocycles. The molecule has 4 saturated heterocycles. The van der Waals surface area contributed by atoms with E-state index in [1.54, 1.807) is 0 Å². The Hall–Kier alpha value is -6.09. The fourth-order valence-electron chi connectivity index (χ4n) is 12.3. The van der Waals surface area contributed by atoms with E-state index in [1.807, 2.05) is 0 Å². The largest absolute Gasteiger partial charge is 1.00 e. The molecule has 36 nitrogen and oxygen atoms in total. The van der Waals surface area contributed by atoms with Gasteiger partial charge in [-0.2, -0.15) is 0 Å². The van der Waals surface area contributed by atoms with Gasteiger partial charge in [0, 0.05) is 42.4 Å². The van der Waals surface area contributed by atoms with Gasteiger partial charge in [-0.05, 0) is 30.7 Å². The molecule has 6 aliphatic rings. The van der Waals surface area contributed by atoms with Crippen LogP contribution in [0, 0.1) is 0 Å². The molecule has 3 aromatic carbocycles. The van der Waals surface area contributed by atoms with E-state index in [4.69, 9.17) is 47.4 Å². The number of hydrogen-bond donors (Lipinski definition) is 18. The zero-order valence-electron chi connectivity index (χ0n) is 52.0. The number of rotatable bonds is 25. The Labute approximate surface area is 571 Å². The van der Waals surface area contributed by atoms with Crippen LogP contribution in [0.25, 0.3) is 0 Å². The van der Waals surface area contributed by atoms with Crippen molar-refractivity contribution >= 4 is 41.0 Å². The van der Waals surface area contributed by atoms with E-state index in [2.05, 4.69) is 16.0 Å². The predicted molar refractivity (Wildman–Crippen MR) is 306 cm³/mol. The maximum Gasteiger partial charge on any atom is 1.00 e. The molecule has 528 valence electrons. The Morgan fingerprint density at radius 2 is 1.30 bits per heavy atom. The van der Waals surface area contributed by atoms with E-state index in [0.717, 1.165) is 0 Å². The molecule has 0 unspecified atom stereocenters. The summed E-state index contributed by atoms with van der Waals surface area (Å²) in [6, 6.07) is 6.63. The van der Waals surface area contributed by atoms with Crippen LogP contribution in [0.4, 0.5) is 0 Å². The summed E-state index contributed by atoms with van der Waals surface area (Å²) in [7, 11) is 1.24. The molecule has 0 saturated carbocycles. The summed E-state index contributed by atoms with van der Waals surface area (Å²) in [6.45, 7) is -5.18. The maximum atomic E-state index is 14.2. The molecule has 3 aromatic rings. The fraction of sp³-hybridized carbons (Fsp3) is 0.583. The third kappa shape index (κ3) is 16.5. The summed E-state index contributed by atoms with van der Waals surface area (Å²) in [6.07, 6.45) is -37.5. The van der Waals surface area contributed by atoms with Crippen LogP contribution in [-0.2, 0) is 79.4 Å². The Balaban J connectivity index is 0.0000120. The van der Waals surface area contributed by atoms with Gasteiger partial charge >= 0.3 is 29.6 Å². The number of nitrogens with one attached hydrogen (secondary N) is 3. The predicted octanol–water partition coefficient (Wildman–Crippen LogP) is -12.0. The number of aliphatic hydroxyl groups excluding tert-OH is 11. The summed E-state index contributed by atoms with van der Waals surface area (Å²) in [5.41, 5.74) is -4.59. The van der Waals surface area contributed by atoms with Crippen molar-refractivity contribution in [3.8, 4) is 23.0 Å². The smallest absolute Gasteiger partial charge is 0.548 e. The molecule has 3 amide bonds. The first-order valence-corrected chi connectivity index (χ1v) is 30.1. The van der Waals surface area contributed by atoms with E-state index in [9.17, 15) is 115 Å². The van der Waals surface area contributed by atoms with E-state index in [-0.39, 0.29) is 69.7 Å². The van der Waals surface area contributed by atoms with Gasteiger partial charge in [0.05, 0.1) is 81.0 Å². The number of benzene rings is 3. The quantitative estimate of drug-likeness (QED) is 0.0216. The average molecular weight is 1390 g/mol. The number of phenolic OH excluding ortho intramolecular Hbond substituents is 3. The number of aliphatic hydroxyl groups is 12. The number of phenols is 3. The number of amides is 3. The monoisotopic (exact) mass is 1390 g/mol. The van der Waals surface area contributed by atoms with Gasteiger partial charge in [0.2, 0.25) is 23.5 Å². The molecule has 18 N–H and O–H groups in total. The summed E-state index contributed by atoms with van der Waals surface area (Å²) >= 11 is 0. The SMILES string of the molecule is COc1cccc2c1C(=O)c1c(O)c3c(c(O)c1C2=O)C[C@@](O)(C(=O)CO)C[C@H]3O[C@H]1C[C@H](NC(=O)CNC(=O)[C@H](Cc2ccc(O)cc2)NC(=O)COC[C@H]2O[C@H](O[C@@H]3[C@H](O)[C@@H](O)[C@@H](O)O[C@@H]3COCC(=O)[O-])[C@H](O)[C@@H](O)[C@H]2O[C@H]2O[C@H](CO)[C@@H](O)[C@H](O)[C@H]2O)[C@H](O)[C@H](C)O1.[Na+]. The maximum absolute atomic E-state index is 14.2. The number of hydrogen-bond acceptors (Lipinski definition) is 33. The van der Waals surface area contributed by atoms with Crippen LogP contribution < -0.4 is 55.4 Å². The summed E-state index contributed by atoms with van der Waals surface area (Å²) in [5.74, 6) is -9.62. The van der Waals surface area contributed by atoms with Gasteiger partial charge < -0.3 is 150 Å². The number of methoxy groups -OCH3 is 1. The minimum absolute atomic E-state index is 0. The average Bonchev–Trinajstić information content (AvgIpc) is 0.711. The molecule has 0 spiro atoms. The zero-order valence-corrected chi connectivity index (χ0v) is 54.0. The van der Waals surface area contributed by atoms with Gasteiger partial charge in [-0.25, -0.2) is 0 Å². The van der Waals surface area contributed by atoms with Gasteiger partial charge in [0.25, 0.3) is 0 Å². The topological polar surface area (TPSA) is 574 Å². The molecule has 0 aromatic heterocycles. The molecule has 9 rings (SSSR count). The van der Waals surface area contributed by atoms with E-state index < -0.39 is 264 Å². The van der Waals surface area contributed by atoms with Gasteiger partial charge in [0.15, 0.2) is 36.7 Å². The van der Waals surface area contributed by atoms with Crippen molar-refractivity contribution in [2.75, 3.05) is 53.3 Å². The first-order valence-electron chi connectivity index (χ1n) is 30.1. The first kappa shape index (κ1) is 76.7.